The monoisotopic (exact) mass is 338 g/mol. The molecule has 8 nitrogen and oxygen atoms in total. The van der Waals surface area contributed by atoms with Crippen LogP contribution in [0.4, 0.5) is 11.4 Å². The van der Waals surface area contributed by atoms with E-state index in [2.05, 4.69) is 14.7 Å². The largest absolute Gasteiger partial charge is 0.476 e. The summed E-state index contributed by atoms with van der Waals surface area (Å²) in [6.07, 6.45) is 3.22. The summed E-state index contributed by atoms with van der Waals surface area (Å²) >= 11 is 0. The fraction of sp³-hybridized carbons (Fsp3) is 0.235. The van der Waals surface area contributed by atoms with Crippen molar-refractivity contribution in [3.05, 3.63) is 64.3 Å². The summed E-state index contributed by atoms with van der Waals surface area (Å²) in [4.78, 5) is 32.5. The summed E-state index contributed by atoms with van der Waals surface area (Å²) in [5, 5.41) is 18.1. The smallest absolute Gasteiger partial charge is 0.357 e. The highest BCUT2D eigenvalue weighted by Gasteiger charge is 2.22. The summed E-state index contributed by atoms with van der Waals surface area (Å²) in [6.45, 7) is 14.4. The van der Waals surface area contributed by atoms with Gasteiger partial charge in [0.2, 0.25) is 0 Å². The Bertz CT molecular complexity index is 902. The van der Waals surface area contributed by atoms with Crippen molar-refractivity contribution < 1.29 is 19.8 Å². The van der Waals surface area contributed by atoms with E-state index in [9.17, 15) is 9.59 Å². The van der Waals surface area contributed by atoms with Crippen LogP contribution in [0.3, 0.4) is 0 Å². The van der Waals surface area contributed by atoms with Crippen molar-refractivity contribution >= 4 is 23.3 Å². The Balaban J connectivity index is 1.99. The van der Waals surface area contributed by atoms with Gasteiger partial charge in [0.1, 0.15) is 0 Å². The molecule has 0 amide bonds. The van der Waals surface area contributed by atoms with Crippen LogP contribution in [0.15, 0.2) is 24.5 Å². The first-order chi connectivity index (χ1) is 12.0. The van der Waals surface area contributed by atoms with Gasteiger partial charge in [-0.25, -0.2) is 14.6 Å². The summed E-state index contributed by atoms with van der Waals surface area (Å²) < 4.78 is 1.32. The van der Waals surface area contributed by atoms with Crippen molar-refractivity contribution in [2.24, 2.45) is 0 Å². The van der Waals surface area contributed by atoms with Crippen LogP contribution >= 0.6 is 0 Å². The third-order valence-electron chi connectivity index (χ3n) is 3.64. The summed E-state index contributed by atoms with van der Waals surface area (Å²) in [5.41, 5.74) is 0.771. The molecule has 0 radical (unpaired) electrons. The molecule has 0 bridgehead atoms. The standard InChI is InChI=1S/C17H14N4O4/c1-18-12-7-6-11(9-13(12)19-2)5-3-4-8-21-10-20-14(16(22)23)15(21)17(24)25/h6-7,9-10H,3-5,8H2,(H,22,23)(H,24,25). The second kappa shape index (κ2) is 7.75. The lowest BCUT2D eigenvalue weighted by Crippen LogP contribution is -2.13. The van der Waals surface area contributed by atoms with E-state index in [1.54, 1.807) is 18.2 Å². The Kier molecular flexibility index (Phi) is 5.49. The van der Waals surface area contributed by atoms with Gasteiger partial charge in [0, 0.05) is 6.54 Å². The zero-order chi connectivity index (χ0) is 18.4. The van der Waals surface area contributed by atoms with Crippen molar-refractivity contribution in [2.45, 2.75) is 25.8 Å². The topological polar surface area (TPSA) is 101 Å². The van der Waals surface area contributed by atoms with E-state index in [4.69, 9.17) is 23.4 Å². The number of nitrogens with zero attached hydrogens (tertiary/aromatic N) is 4. The molecule has 8 heteroatoms. The molecule has 126 valence electrons. The second-order valence-electron chi connectivity index (χ2n) is 5.25. The average molecular weight is 338 g/mol. The fourth-order valence-electron chi connectivity index (χ4n) is 2.45. The lowest BCUT2D eigenvalue weighted by molar-refractivity contribution is 0.0640. The highest BCUT2D eigenvalue weighted by Crippen LogP contribution is 2.29. The quantitative estimate of drug-likeness (QED) is 0.595. The zero-order valence-corrected chi connectivity index (χ0v) is 13.1. The highest BCUT2D eigenvalue weighted by molar-refractivity contribution is 5.99. The van der Waals surface area contributed by atoms with Gasteiger partial charge >= 0.3 is 11.9 Å². The first-order valence-electron chi connectivity index (χ1n) is 7.37. The summed E-state index contributed by atoms with van der Waals surface area (Å²) in [5.74, 6) is -2.70. The number of carboxylic acids is 2. The number of rotatable bonds is 7. The molecule has 0 spiro atoms. The van der Waals surface area contributed by atoms with Gasteiger partial charge < -0.3 is 14.8 Å². The third kappa shape index (κ3) is 4.01. The molecule has 0 saturated heterocycles. The number of imidazole rings is 1. The molecule has 0 fully saturated rings. The molecule has 0 saturated carbocycles. The van der Waals surface area contributed by atoms with Crippen LogP contribution < -0.4 is 0 Å². The maximum Gasteiger partial charge on any atom is 0.357 e. The summed E-state index contributed by atoms with van der Waals surface area (Å²) in [7, 11) is 0. The number of carbonyl (C=O) groups is 2. The van der Waals surface area contributed by atoms with Crippen LogP contribution in [0, 0.1) is 13.1 Å². The average Bonchev–Trinajstić information content (AvgIpc) is 3.03. The van der Waals surface area contributed by atoms with E-state index in [1.165, 1.54) is 10.9 Å². The number of aryl methyl sites for hydroxylation is 2. The van der Waals surface area contributed by atoms with Crippen LogP contribution in [0.5, 0.6) is 0 Å². The highest BCUT2D eigenvalue weighted by atomic mass is 16.4. The maximum atomic E-state index is 11.2. The Labute approximate surface area is 143 Å². The third-order valence-corrected chi connectivity index (χ3v) is 3.64. The molecular weight excluding hydrogens is 324 g/mol. The molecule has 25 heavy (non-hydrogen) atoms. The van der Waals surface area contributed by atoms with Crippen LogP contribution in [-0.2, 0) is 13.0 Å². The van der Waals surface area contributed by atoms with Crippen molar-refractivity contribution in [3.63, 3.8) is 0 Å². The molecule has 2 aromatic rings. The van der Waals surface area contributed by atoms with Crippen molar-refractivity contribution in [2.75, 3.05) is 0 Å². The number of benzene rings is 1. The van der Waals surface area contributed by atoms with E-state index in [1.807, 2.05) is 0 Å². The molecule has 0 atom stereocenters. The van der Waals surface area contributed by atoms with Gasteiger partial charge in [-0.1, -0.05) is 23.8 Å². The van der Waals surface area contributed by atoms with Crippen LogP contribution in [-0.4, -0.2) is 31.7 Å². The van der Waals surface area contributed by atoms with Gasteiger partial charge in [-0.3, -0.25) is 9.69 Å². The van der Waals surface area contributed by atoms with Crippen LogP contribution in [0.1, 0.15) is 39.4 Å². The number of aromatic carboxylic acids is 2. The second-order valence-corrected chi connectivity index (χ2v) is 5.25. The minimum atomic E-state index is -1.37. The Hall–Kier alpha value is -3.65. The maximum absolute atomic E-state index is 11.2. The molecule has 0 unspecified atom stereocenters. The predicted octanol–water partition coefficient (Wildman–Crippen LogP) is 3.40. The van der Waals surface area contributed by atoms with Crippen molar-refractivity contribution in [3.8, 4) is 0 Å². The van der Waals surface area contributed by atoms with Crippen molar-refractivity contribution in [1.29, 1.82) is 0 Å². The van der Waals surface area contributed by atoms with E-state index in [0.29, 0.717) is 37.2 Å². The number of aromatic nitrogens is 2. The lowest BCUT2D eigenvalue weighted by Gasteiger charge is -2.07. The number of hydrogen-bond acceptors (Lipinski definition) is 3. The van der Waals surface area contributed by atoms with Gasteiger partial charge in [-0.2, -0.15) is 0 Å². The fourth-order valence-corrected chi connectivity index (χ4v) is 2.45. The van der Waals surface area contributed by atoms with Gasteiger partial charge in [0.25, 0.3) is 0 Å². The molecular formula is C17H14N4O4. The molecule has 1 aromatic heterocycles. The molecule has 1 aromatic carbocycles. The Morgan fingerprint density at radius 2 is 1.80 bits per heavy atom. The van der Waals surface area contributed by atoms with Gasteiger partial charge in [-0.15, -0.1) is 0 Å². The molecule has 1 heterocycles. The number of unbranched alkanes of at least 4 members (excludes halogenated alkanes) is 1. The first kappa shape index (κ1) is 17.7. The minimum Gasteiger partial charge on any atom is -0.476 e. The Morgan fingerprint density at radius 3 is 2.40 bits per heavy atom. The van der Waals surface area contributed by atoms with E-state index >= 15 is 0 Å². The van der Waals surface area contributed by atoms with E-state index in [-0.39, 0.29) is 5.69 Å². The van der Waals surface area contributed by atoms with Gasteiger partial charge in [0.15, 0.2) is 22.8 Å². The van der Waals surface area contributed by atoms with Gasteiger partial charge in [0.05, 0.1) is 19.5 Å². The van der Waals surface area contributed by atoms with E-state index in [0.717, 1.165) is 5.56 Å². The molecule has 0 aliphatic carbocycles. The minimum absolute atomic E-state index is 0.321. The lowest BCUT2D eigenvalue weighted by atomic mass is 10.1. The molecule has 0 aliphatic rings. The SMILES string of the molecule is [C-]#[N+]c1ccc(CCCCn2cnc(C(=O)O)c2C(=O)O)cc1[N+]#[C-]. The normalized spacial score (nSPS) is 10.0. The molecule has 0 aliphatic heterocycles. The zero-order valence-electron chi connectivity index (χ0n) is 13.1. The van der Waals surface area contributed by atoms with Gasteiger partial charge in [-0.05, 0) is 19.3 Å². The first-order valence-corrected chi connectivity index (χ1v) is 7.37. The van der Waals surface area contributed by atoms with Crippen molar-refractivity contribution in [1.82, 2.24) is 9.55 Å². The number of hydrogen-bond donors (Lipinski definition) is 2. The molecule has 2 N–H and O–H groups in total. The number of carboxylic acid groups (broad SMARTS) is 2. The summed E-state index contributed by atoms with van der Waals surface area (Å²) in [6, 6.07) is 5.10. The van der Waals surface area contributed by atoms with Crippen LogP contribution in [0.25, 0.3) is 9.69 Å². The van der Waals surface area contributed by atoms with Crippen LogP contribution in [0.2, 0.25) is 0 Å². The molecule has 2 rings (SSSR count). The Morgan fingerprint density at radius 1 is 1.08 bits per heavy atom. The van der Waals surface area contributed by atoms with E-state index < -0.39 is 17.6 Å². The predicted molar refractivity (Wildman–Crippen MR) is 88.0 cm³/mol.